The van der Waals surface area contributed by atoms with Crippen molar-refractivity contribution in [3.05, 3.63) is 29.6 Å². The summed E-state index contributed by atoms with van der Waals surface area (Å²) in [5.74, 6) is -2.95. The Balaban J connectivity index is 2.14. The minimum Gasteiger partial charge on any atom is -0.481 e. The van der Waals surface area contributed by atoms with E-state index >= 15 is 0 Å². The van der Waals surface area contributed by atoms with Crippen molar-refractivity contribution < 1.29 is 32.2 Å². The van der Waals surface area contributed by atoms with Crippen LogP contribution in [0.4, 0.5) is 17.6 Å². The molecule has 0 spiro atoms. The molecule has 1 unspecified atom stereocenters. The molecule has 1 fully saturated rings. The Kier molecular flexibility index (Phi) is 4.36. The monoisotopic (exact) mass is 307 g/mol. The van der Waals surface area contributed by atoms with Gasteiger partial charge in [0.2, 0.25) is 0 Å². The summed E-state index contributed by atoms with van der Waals surface area (Å²) in [6, 6.07) is 3.21. The lowest BCUT2D eigenvalue weighted by Gasteiger charge is -2.19. The Morgan fingerprint density at radius 1 is 1.43 bits per heavy atom. The fourth-order valence-electron chi connectivity index (χ4n) is 2.31. The van der Waals surface area contributed by atoms with Crippen molar-refractivity contribution in [2.24, 2.45) is 5.92 Å². The number of carboxylic acid groups (broad SMARTS) is 1. The highest BCUT2D eigenvalue weighted by Crippen LogP contribution is 2.30. The van der Waals surface area contributed by atoms with Crippen LogP contribution in [0.3, 0.4) is 0 Å². The van der Waals surface area contributed by atoms with E-state index in [1.165, 1.54) is 0 Å². The molecule has 1 atom stereocenters. The first-order valence-electron chi connectivity index (χ1n) is 6.24. The quantitative estimate of drug-likeness (QED) is 0.869. The third-order valence-corrected chi connectivity index (χ3v) is 3.30. The molecule has 0 aliphatic carbocycles. The summed E-state index contributed by atoms with van der Waals surface area (Å²) in [6.07, 6.45) is -4.52. The summed E-state index contributed by atoms with van der Waals surface area (Å²) in [4.78, 5) is 12.4. The second-order valence-electron chi connectivity index (χ2n) is 4.82. The first kappa shape index (κ1) is 15.6. The number of likely N-dealkylation sites (tertiary alicyclic amines) is 1. The lowest BCUT2D eigenvalue weighted by atomic mass is 10.1. The zero-order valence-corrected chi connectivity index (χ0v) is 10.9. The zero-order chi connectivity index (χ0) is 15.6. The number of hydrogen-bond donors (Lipinski definition) is 1. The van der Waals surface area contributed by atoms with Gasteiger partial charge in [0.25, 0.3) is 0 Å². The van der Waals surface area contributed by atoms with Gasteiger partial charge in [0.1, 0.15) is 11.6 Å². The molecule has 21 heavy (non-hydrogen) atoms. The van der Waals surface area contributed by atoms with Gasteiger partial charge in [-0.3, -0.25) is 9.69 Å². The Morgan fingerprint density at radius 2 is 2.14 bits per heavy atom. The van der Waals surface area contributed by atoms with Crippen molar-refractivity contribution in [2.45, 2.75) is 19.3 Å². The molecule has 116 valence electrons. The molecule has 0 aromatic heterocycles. The third kappa shape index (κ3) is 4.07. The van der Waals surface area contributed by atoms with Gasteiger partial charge >= 0.3 is 12.3 Å². The van der Waals surface area contributed by atoms with Crippen LogP contribution < -0.4 is 4.74 Å². The molecule has 2 rings (SSSR count). The highest BCUT2D eigenvalue weighted by atomic mass is 19.4. The molecule has 0 radical (unpaired) electrons. The van der Waals surface area contributed by atoms with E-state index in [1.807, 2.05) is 0 Å². The van der Waals surface area contributed by atoms with Crippen molar-refractivity contribution >= 4 is 5.97 Å². The standard InChI is InChI=1S/C13H13F4NO3/c14-10-2-1-3-11(21-13(15,16)17)9(10)7-18-5-4-8(6-18)12(19)20/h1-3,8H,4-7H2,(H,19,20). The van der Waals surface area contributed by atoms with Gasteiger partial charge < -0.3 is 9.84 Å². The van der Waals surface area contributed by atoms with E-state index in [0.29, 0.717) is 13.0 Å². The summed E-state index contributed by atoms with van der Waals surface area (Å²) < 4.78 is 54.5. The van der Waals surface area contributed by atoms with Gasteiger partial charge in [0.05, 0.1) is 5.92 Å². The maximum absolute atomic E-state index is 13.7. The minimum absolute atomic E-state index is 0.123. The van der Waals surface area contributed by atoms with E-state index in [2.05, 4.69) is 4.74 Å². The van der Waals surface area contributed by atoms with E-state index < -0.39 is 29.8 Å². The van der Waals surface area contributed by atoms with Crippen LogP contribution >= 0.6 is 0 Å². The van der Waals surface area contributed by atoms with Crippen molar-refractivity contribution in [1.29, 1.82) is 0 Å². The van der Waals surface area contributed by atoms with E-state index in [9.17, 15) is 22.4 Å². The minimum atomic E-state index is -4.91. The van der Waals surface area contributed by atoms with E-state index in [4.69, 9.17) is 5.11 Å². The summed E-state index contributed by atoms with van der Waals surface area (Å²) in [7, 11) is 0. The van der Waals surface area contributed by atoms with Crippen molar-refractivity contribution in [1.82, 2.24) is 4.90 Å². The molecule has 0 amide bonds. The van der Waals surface area contributed by atoms with Crippen LogP contribution in [0.15, 0.2) is 18.2 Å². The predicted octanol–water partition coefficient (Wildman–Crippen LogP) is 2.63. The molecule has 1 aromatic rings. The van der Waals surface area contributed by atoms with Crippen LogP contribution in [0.5, 0.6) is 5.75 Å². The lowest BCUT2D eigenvalue weighted by Crippen LogP contribution is -2.25. The van der Waals surface area contributed by atoms with Gasteiger partial charge in [-0.1, -0.05) is 6.07 Å². The molecule has 1 aliphatic heterocycles. The van der Waals surface area contributed by atoms with Gasteiger partial charge in [-0.2, -0.15) is 0 Å². The molecule has 1 aromatic carbocycles. The van der Waals surface area contributed by atoms with Crippen molar-refractivity contribution in [3.8, 4) is 5.75 Å². The molecule has 4 nitrogen and oxygen atoms in total. The van der Waals surface area contributed by atoms with Gasteiger partial charge in [0.15, 0.2) is 0 Å². The summed E-state index contributed by atoms with van der Waals surface area (Å²) in [5.41, 5.74) is -0.221. The lowest BCUT2D eigenvalue weighted by molar-refractivity contribution is -0.275. The molecule has 1 heterocycles. The smallest absolute Gasteiger partial charge is 0.481 e. The van der Waals surface area contributed by atoms with E-state index in [-0.39, 0.29) is 18.7 Å². The molecule has 0 saturated carbocycles. The molecule has 1 saturated heterocycles. The van der Waals surface area contributed by atoms with Crippen LogP contribution in [0.1, 0.15) is 12.0 Å². The first-order valence-corrected chi connectivity index (χ1v) is 6.24. The maximum atomic E-state index is 13.7. The number of nitrogens with zero attached hydrogens (tertiary/aromatic N) is 1. The fraction of sp³-hybridized carbons (Fsp3) is 0.462. The third-order valence-electron chi connectivity index (χ3n) is 3.30. The van der Waals surface area contributed by atoms with Gasteiger partial charge in [-0.05, 0) is 25.1 Å². The normalized spacial score (nSPS) is 19.7. The van der Waals surface area contributed by atoms with E-state index in [0.717, 1.165) is 18.2 Å². The van der Waals surface area contributed by atoms with Crippen LogP contribution in [-0.2, 0) is 11.3 Å². The number of benzene rings is 1. The Labute approximate surface area is 117 Å². The van der Waals surface area contributed by atoms with Crippen molar-refractivity contribution in [3.63, 3.8) is 0 Å². The first-order chi connectivity index (χ1) is 9.76. The van der Waals surface area contributed by atoms with Crippen LogP contribution in [0.2, 0.25) is 0 Å². The van der Waals surface area contributed by atoms with Gasteiger partial charge in [-0.15, -0.1) is 13.2 Å². The summed E-state index contributed by atoms with van der Waals surface area (Å²) >= 11 is 0. The number of carbonyl (C=O) groups is 1. The summed E-state index contributed by atoms with van der Waals surface area (Å²) in [5, 5.41) is 8.88. The fourth-order valence-corrected chi connectivity index (χ4v) is 2.31. The Bertz CT molecular complexity index is 533. The van der Waals surface area contributed by atoms with E-state index in [1.54, 1.807) is 4.90 Å². The number of carboxylic acids is 1. The van der Waals surface area contributed by atoms with Crippen molar-refractivity contribution in [2.75, 3.05) is 13.1 Å². The predicted molar refractivity (Wildman–Crippen MR) is 64.1 cm³/mol. The topological polar surface area (TPSA) is 49.8 Å². The number of rotatable bonds is 4. The zero-order valence-electron chi connectivity index (χ0n) is 10.9. The largest absolute Gasteiger partial charge is 0.573 e. The van der Waals surface area contributed by atoms with Gasteiger partial charge in [0, 0.05) is 18.7 Å². The number of halogens is 4. The Morgan fingerprint density at radius 3 is 2.71 bits per heavy atom. The highest BCUT2D eigenvalue weighted by Gasteiger charge is 2.34. The molecule has 1 N–H and O–H groups in total. The maximum Gasteiger partial charge on any atom is 0.573 e. The SMILES string of the molecule is O=C(O)C1CCN(Cc2c(F)cccc2OC(F)(F)F)C1. The molecular formula is C13H13F4NO3. The second-order valence-corrected chi connectivity index (χ2v) is 4.82. The Hall–Kier alpha value is -1.83. The summed E-state index contributed by atoms with van der Waals surface area (Å²) in [6.45, 7) is 0.438. The molecule has 8 heteroatoms. The molecule has 0 bridgehead atoms. The van der Waals surface area contributed by atoms with Crippen LogP contribution in [0.25, 0.3) is 0 Å². The average Bonchev–Trinajstić information content (AvgIpc) is 2.80. The molecular weight excluding hydrogens is 294 g/mol. The number of hydrogen-bond acceptors (Lipinski definition) is 3. The van der Waals surface area contributed by atoms with Crippen LogP contribution in [0, 0.1) is 11.7 Å². The van der Waals surface area contributed by atoms with Gasteiger partial charge in [-0.25, -0.2) is 4.39 Å². The number of ether oxygens (including phenoxy) is 1. The number of aliphatic carboxylic acids is 1. The average molecular weight is 307 g/mol. The van der Waals surface area contributed by atoms with Crippen LogP contribution in [-0.4, -0.2) is 35.4 Å². The number of alkyl halides is 3. The second kappa shape index (κ2) is 5.88. The highest BCUT2D eigenvalue weighted by molar-refractivity contribution is 5.70. The molecule has 1 aliphatic rings.